The van der Waals surface area contributed by atoms with Gasteiger partial charge >= 0.3 is 12.4 Å². The lowest BCUT2D eigenvalue weighted by molar-refractivity contribution is -0.204. The topological polar surface area (TPSA) is 126 Å². The SMILES string of the molecule is CC(C)(C)C(F)(F)F.CCc1nonc1C(=O)NCc1nc2ccc(C(NC(=O)CCC(F)(F)F)C3CC3)cc2[nH]1. The molecular weight excluding hydrogens is 558 g/mol. The van der Waals surface area contributed by atoms with Crippen molar-refractivity contribution in [1.82, 2.24) is 30.9 Å². The number of fused-ring (bicyclic) bond motifs is 1. The van der Waals surface area contributed by atoms with E-state index in [1.165, 1.54) is 0 Å². The van der Waals surface area contributed by atoms with Crippen LogP contribution in [0.25, 0.3) is 11.0 Å². The van der Waals surface area contributed by atoms with Gasteiger partial charge in [0.15, 0.2) is 5.69 Å². The number of benzene rings is 1. The van der Waals surface area contributed by atoms with Crippen molar-refractivity contribution in [3.05, 3.63) is 41.0 Å². The summed E-state index contributed by atoms with van der Waals surface area (Å²) in [6.07, 6.45) is -7.85. The highest BCUT2D eigenvalue weighted by molar-refractivity contribution is 5.93. The summed E-state index contributed by atoms with van der Waals surface area (Å²) in [5.41, 5.74) is 1.19. The molecule has 15 heteroatoms. The number of nitrogens with zero attached hydrogens (tertiary/aromatic N) is 3. The second kappa shape index (κ2) is 12.5. The van der Waals surface area contributed by atoms with E-state index in [9.17, 15) is 35.9 Å². The van der Waals surface area contributed by atoms with Gasteiger partial charge in [-0.2, -0.15) is 26.3 Å². The van der Waals surface area contributed by atoms with Gasteiger partial charge in [-0.3, -0.25) is 9.59 Å². The van der Waals surface area contributed by atoms with E-state index < -0.39 is 42.4 Å². The molecule has 1 aromatic carbocycles. The van der Waals surface area contributed by atoms with Crippen molar-refractivity contribution in [3.8, 4) is 0 Å². The van der Waals surface area contributed by atoms with E-state index in [0.717, 1.165) is 39.2 Å². The number of aryl methyl sites for hydroxylation is 1. The van der Waals surface area contributed by atoms with Gasteiger partial charge in [0.05, 0.1) is 35.5 Å². The Labute approximate surface area is 231 Å². The molecular formula is C26H32F6N6O3. The largest absolute Gasteiger partial charge is 0.393 e. The van der Waals surface area contributed by atoms with Crippen LogP contribution in [0, 0.1) is 11.3 Å². The van der Waals surface area contributed by atoms with Gasteiger partial charge in [0.2, 0.25) is 5.91 Å². The Kier molecular flexibility index (Phi) is 9.70. The number of imidazole rings is 1. The van der Waals surface area contributed by atoms with Gasteiger partial charge in [-0.15, -0.1) is 0 Å². The summed E-state index contributed by atoms with van der Waals surface area (Å²) < 4.78 is 76.6. The van der Waals surface area contributed by atoms with Gasteiger partial charge in [0, 0.05) is 6.42 Å². The summed E-state index contributed by atoms with van der Waals surface area (Å²) in [6.45, 7) is 5.40. The molecule has 2 heterocycles. The number of H-pyrrole nitrogens is 1. The zero-order valence-corrected chi connectivity index (χ0v) is 23.0. The minimum atomic E-state index is -4.37. The fourth-order valence-electron chi connectivity index (χ4n) is 3.62. The Balaban J connectivity index is 0.000000507. The number of carbonyl (C=O) groups excluding carboxylic acids is 2. The monoisotopic (exact) mass is 590 g/mol. The van der Waals surface area contributed by atoms with E-state index in [-0.39, 0.29) is 24.2 Å². The Morgan fingerprint density at radius 3 is 2.32 bits per heavy atom. The molecule has 0 bridgehead atoms. The molecule has 1 unspecified atom stereocenters. The molecule has 1 aliphatic carbocycles. The molecule has 1 atom stereocenters. The van der Waals surface area contributed by atoms with Gasteiger partial charge in [-0.25, -0.2) is 9.61 Å². The van der Waals surface area contributed by atoms with Crippen molar-refractivity contribution in [3.63, 3.8) is 0 Å². The maximum absolute atomic E-state index is 12.4. The maximum Gasteiger partial charge on any atom is 0.393 e. The maximum atomic E-state index is 12.4. The summed E-state index contributed by atoms with van der Waals surface area (Å²) in [5.74, 6) is -0.333. The Bertz CT molecular complexity index is 1330. The number of aromatic nitrogens is 4. The summed E-state index contributed by atoms with van der Waals surface area (Å²) in [6, 6.07) is 5.07. The van der Waals surface area contributed by atoms with E-state index in [2.05, 4.69) is 35.5 Å². The molecule has 3 N–H and O–H groups in total. The van der Waals surface area contributed by atoms with E-state index in [4.69, 9.17) is 0 Å². The highest BCUT2D eigenvalue weighted by Gasteiger charge is 2.43. The fourth-order valence-corrected chi connectivity index (χ4v) is 3.62. The van der Waals surface area contributed by atoms with Crippen LogP contribution in [0.2, 0.25) is 0 Å². The van der Waals surface area contributed by atoms with Crippen LogP contribution in [-0.4, -0.2) is 44.4 Å². The van der Waals surface area contributed by atoms with Crippen LogP contribution in [0.5, 0.6) is 0 Å². The quantitative estimate of drug-likeness (QED) is 0.265. The number of hydrogen-bond acceptors (Lipinski definition) is 6. The molecule has 1 aliphatic rings. The van der Waals surface area contributed by atoms with Crippen LogP contribution in [-0.2, 0) is 17.8 Å². The average Bonchev–Trinajstić information content (AvgIpc) is 3.44. The molecule has 0 spiro atoms. The summed E-state index contributed by atoms with van der Waals surface area (Å²) in [5, 5.41) is 12.8. The molecule has 9 nitrogen and oxygen atoms in total. The van der Waals surface area contributed by atoms with Crippen LogP contribution >= 0.6 is 0 Å². The normalized spacial score (nSPS) is 14.8. The number of nitrogens with one attached hydrogen (secondary N) is 3. The molecule has 0 aliphatic heterocycles. The smallest absolute Gasteiger partial charge is 0.349 e. The summed E-state index contributed by atoms with van der Waals surface area (Å²) in [4.78, 5) is 31.9. The predicted octanol–water partition coefficient (Wildman–Crippen LogP) is 5.94. The molecule has 1 fully saturated rings. The van der Waals surface area contributed by atoms with Crippen molar-refractivity contribution < 1.29 is 40.6 Å². The van der Waals surface area contributed by atoms with Crippen LogP contribution < -0.4 is 10.6 Å². The molecule has 2 aromatic heterocycles. The zero-order chi connectivity index (χ0) is 30.6. The van der Waals surface area contributed by atoms with Gasteiger partial charge in [-0.05, 0) is 48.0 Å². The number of halogens is 6. The van der Waals surface area contributed by atoms with Crippen molar-refractivity contribution in [1.29, 1.82) is 0 Å². The molecule has 2 amide bonds. The lowest BCUT2D eigenvalue weighted by atomic mass is 9.96. The molecule has 41 heavy (non-hydrogen) atoms. The van der Waals surface area contributed by atoms with Gasteiger partial charge in [0.25, 0.3) is 5.91 Å². The second-order valence-electron chi connectivity index (χ2n) is 10.8. The number of amides is 2. The van der Waals surface area contributed by atoms with Crippen LogP contribution in [0.1, 0.15) is 87.0 Å². The number of aromatic amines is 1. The highest BCUT2D eigenvalue weighted by Crippen LogP contribution is 2.41. The van der Waals surface area contributed by atoms with E-state index in [0.29, 0.717) is 29.0 Å². The lowest BCUT2D eigenvalue weighted by Gasteiger charge is -2.21. The Hall–Kier alpha value is -3.65. The Morgan fingerprint density at radius 1 is 1.10 bits per heavy atom. The second-order valence-corrected chi connectivity index (χ2v) is 10.8. The first-order valence-electron chi connectivity index (χ1n) is 13.0. The molecule has 1 saturated carbocycles. The highest BCUT2D eigenvalue weighted by atomic mass is 19.4. The predicted molar refractivity (Wildman–Crippen MR) is 135 cm³/mol. The Morgan fingerprint density at radius 2 is 1.76 bits per heavy atom. The van der Waals surface area contributed by atoms with E-state index >= 15 is 0 Å². The number of hydrogen-bond donors (Lipinski definition) is 3. The van der Waals surface area contributed by atoms with Crippen molar-refractivity contribution in [2.45, 2.75) is 84.7 Å². The lowest BCUT2D eigenvalue weighted by Crippen LogP contribution is -2.30. The average molecular weight is 591 g/mol. The molecule has 3 aromatic rings. The standard InChI is InChI=1S/C21H23F3N6O3.C5H9F3/c1-2-13-19(30-33-29-13)20(32)25-10-16-26-14-6-5-12(9-15(14)27-16)18(11-3-4-11)28-17(31)7-8-21(22,23)24;1-4(2,3)5(6,7)8/h5-6,9,11,18H,2-4,7-8,10H2,1H3,(H,25,32)(H,26,27)(H,28,31);1-3H3. The van der Waals surface area contributed by atoms with Crippen molar-refractivity contribution in [2.24, 2.45) is 11.3 Å². The third kappa shape index (κ3) is 9.18. The number of alkyl halides is 6. The van der Waals surface area contributed by atoms with Crippen LogP contribution in [0.4, 0.5) is 26.3 Å². The van der Waals surface area contributed by atoms with Crippen LogP contribution in [0.15, 0.2) is 22.8 Å². The van der Waals surface area contributed by atoms with E-state index in [1.807, 2.05) is 19.1 Å². The van der Waals surface area contributed by atoms with Crippen molar-refractivity contribution >= 4 is 22.8 Å². The van der Waals surface area contributed by atoms with Gasteiger partial charge in [0.1, 0.15) is 11.5 Å². The van der Waals surface area contributed by atoms with Crippen molar-refractivity contribution in [2.75, 3.05) is 0 Å². The first-order valence-corrected chi connectivity index (χ1v) is 13.0. The zero-order valence-electron chi connectivity index (χ0n) is 23.0. The first-order chi connectivity index (χ1) is 19.0. The third-order valence-corrected chi connectivity index (χ3v) is 6.33. The third-order valence-electron chi connectivity index (χ3n) is 6.33. The minimum Gasteiger partial charge on any atom is -0.349 e. The van der Waals surface area contributed by atoms with Gasteiger partial charge < -0.3 is 15.6 Å². The van der Waals surface area contributed by atoms with E-state index in [1.54, 1.807) is 6.07 Å². The van der Waals surface area contributed by atoms with Gasteiger partial charge in [-0.1, -0.05) is 38.9 Å². The minimum absolute atomic E-state index is 0.124. The summed E-state index contributed by atoms with van der Waals surface area (Å²) in [7, 11) is 0. The summed E-state index contributed by atoms with van der Waals surface area (Å²) >= 11 is 0. The molecule has 4 rings (SSSR count). The molecule has 0 saturated heterocycles. The number of rotatable bonds is 9. The fraction of sp³-hybridized carbons (Fsp3) is 0.577. The molecule has 226 valence electrons. The number of carbonyl (C=O) groups is 2. The first kappa shape index (κ1) is 31.9. The van der Waals surface area contributed by atoms with Crippen LogP contribution in [0.3, 0.4) is 0 Å². The molecule has 0 radical (unpaired) electrons.